The Morgan fingerprint density at radius 3 is 1.91 bits per heavy atom. The van der Waals surface area contributed by atoms with Gasteiger partial charge in [0.25, 0.3) is 0 Å². The van der Waals surface area contributed by atoms with Gasteiger partial charge in [0.2, 0.25) is 0 Å². The third kappa shape index (κ3) is 19.6. The summed E-state index contributed by atoms with van der Waals surface area (Å²) in [7, 11) is 0. The van der Waals surface area contributed by atoms with E-state index in [1.54, 1.807) is 19.3 Å². The number of nitrogens with zero attached hydrogens (tertiary/aromatic N) is 2. The smallest absolute Gasteiger partial charge is 0 e. The molecule has 2 aliphatic rings. The number of aromatic nitrogens is 1. The molecular formula is C58H68Br2Mo2N2O3-2. The van der Waals surface area contributed by atoms with E-state index in [4.69, 9.17) is 14.7 Å². The molecule has 9 heteroatoms. The Bertz CT molecular complexity index is 2430. The van der Waals surface area contributed by atoms with E-state index in [-0.39, 0.29) is 26.5 Å². The van der Waals surface area contributed by atoms with Crippen LogP contribution in [0.2, 0.25) is 0 Å². The molecule has 4 aromatic carbocycles. The minimum Gasteiger partial charge on any atom is 0 e. The molecule has 0 radical (unpaired) electrons. The second-order valence-corrected chi connectivity index (χ2v) is 19.8. The zero-order valence-corrected chi connectivity index (χ0v) is 47.9. The average Bonchev–Trinajstić information content (AvgIpc) is 3.70. The van der Waals surface area contributed by atoms with Crippen LogP contribution >= 0.6 is 31.9 Å². The van der Waals surface area contributed by atoms with Crippen molar-refractivity contribution in [3.8, 4) is 41.1 Å². The molecule has 0 aliphatic heterocycles. The Morgan fingerprint density at radius 1 is 0.821 bits per heavy atom. The van der Waals surface area contributed by atoms with Gasteiger partial charge >= 0.3 is 130 Å². The SMILES string of the molecule is C#CCO/C=C\C[CH2-].C=COCC#CC.Cc1c(Br)cc2c(c1-c1c(O)c(Br)cc3c1CCCC3)CCCC2.Cc1ccc(C)[n-]1.Cc1cccc(C)c1[N]=[Mo]=[CH]C(C)(C)c1ccccc1.[Mo]. The molecule has 356 valence electrons. The number of hydrogen-bond donors (Lipinski definition) is 1. The molecule has 1 aromatic heterocycles. The van der Waals surface area contributed by atoms with Gasteiger partial charge < -0.3 is 26.5 Å². The van der Waals surface area contributed by atoms with Crippen LogP contribution in [0, 0.1) is 65.7 Å². The predicted octanol–water partition coefficient (Wildman–Crippen LogP) is 15.4. The maximum absolute atomic E-state index is 11.0. The monoisotopic (exact) mass is 1190 g/mol. The minimum absolute atomic E-state index is 0. The molecule has 1 heterocycles. The van der Waals surface area contributed by atoms with E-state index in [9.17, 15) is 5.11 Å². The van der Waals surface area contributed by atoms with Crippen molar-refractivity contribution in [2.45, 2.75) is 119 Å². The predicted molar refractivity (Wildman–Crippen MR) is 283 cm³/mol. The van der Waals surface area contributed by atoms with Crippen LogP contribution in [-0.2, 0) is 79.6 Å². The number of ether oxygens (including phenoxy) is 2. The number of phenolic OH excluding ortho intramolecular Hbond substituents is 1. The van der Waals surface area contributed by atoms with Crippen molar-refractivity contribution >= 4 is 41.9 Å². The van der Waals surface area contributed by atoms with Gasteiger partial charge in [0.15, 0.2) is 0 Å². The van der Waals surface area contributed by atoms with Crippen molar-refractivity contribution in [3.63, 3.8) is 0 Å². The first kappa shape index (κ1) is 59.3. The largest absolute Gasteiger partial charge is 0 e. The summed E-state index contributed by atoms with van der Waals surface area (Å²) < 4.78 is 18.7. The minimum atomic E-state index is -0.493. The van der Waals surface area contributed by atoms with Crippen LogP contribution in [-0.4, -0.2) is 22.7 Å². The van der Waals surface area contributed by atoms with E-state index >= 15 is 0 Å². The molecule has 0 spiro atoms. The van der Waals surface area contributed by atoms with E-state index in [0.29, 0.717) is 19.0 Å². The maximum atomic E-state index is 11.0. The third-order valence-corrected chi connectivity index (χ3v) is 14.9. The van der Waals surface area contributed by atoms with Gasteiger partial charge in [0.1, 0.15) is 19.0 Å². The van der Waals surface area contributed by atoms with Gasteiger partial charge in [-0.05, 0) is 127 Å². The summed E-state index contributed by atoms with van der Waals surface area (Å²) in [6, 6.07) is 25.5. The number of allylic oxidation sites excluding steroid dienone is 1. The molecule has 0 unspecified atom stereocenters. The second kappa shape index (κ2) is 32.1. The topological polar surface area (TPSA) is 65.2 Å². The van der Waals surface area contributed by atoms with Gasteiger partial charge in [0, 0.05) is 31.1 Å². The Hall–Kier alpha value is -3.83. The van der Waals surface area contributed by atoms with E-state index in [1.165, 1.54) is 92.2 Å². The molecule has 0 bridgehead atoms. The Morgan fingerprint density at radius 2 is 1.39 bits per heavy atom. The van der Waals surface area contributed by atoms with Crippen molar-refractivity contribution in [3.05, 3.63) is 170 Å². The molecule has 0 saturated carbocycles. The van der Waals surface area contributed by atoms with Crippen LogP contribution in [0.3, 0.4) is 0 Å². The first-order valence-electron chi connectivity index (χ1n) is 22.6. The van der Waals surface area contributed by atoms with Crippen molar-refractivity contribution in [1.29, 1.82) is 0 Å². The van der Waals surface area contributed by atoms with Crippen LogP contribution in [0.1, 0.15) is 109 Å². The van der Waals surface area contributed by atoms with Gasteiger partial charge in [-0.2, -0.15) is 17.8 Å². The third-order valence-electron chi connectivity index (χ3n) is 11.0. The normalized spacial score (nSPS) is 11.9. The van der Waals surface area contributed by atoms with E-state index in [0.717, 1.165) is 53.5 Å². The van der Waals surface area contributed by atoms with Crippen LogP contribution < -0.4 is 4.98 Å². The number of terminal acetylenes is 1. The van der Waals surface area contributed by atoms with Crippen LogP contribution in [0.4, 0.5) is 5.69 Å². The first-order chi connectivity index (χ1) is 31.7. The van der Waals surface area contributed by atoms with Crippen LogP contribution in [0.5, 0.6) is 5.75 Å². The van der Waals surface area contributed by atoms with Crippen molar-refractivity contribution in [2.75, 3.05) is 13.2 Å². The molecule has 1 N–H and O–H groups in total. The summed E-state index contributed by atoms with van der Waals surface area (Å²) in [5, 5.41) is 11.0. The van der Waals surface area contributed by atoms with Gasteiger partial charge in [-0.1, -0.05) is 66.4 Å². The summed E-state index contributed by atoms with van der Waals surface area (Å²) in [6.07, 6.45) is 19.8. The summed E-state index contributed by atoms with van der Waals surface area (Å²) >= 11 is 6.87. The van der Waals surface area contributed by atoms with Crippen molar-refractivity contribution in [1.82, 2.24) is 4.98 Å². The Balaban J connectivity index is 0.000000320. The summed E-state index contributed by atoms with van der Waals surface area (Å²) in [6.45, 7) is 24.5. The number of rotatable bonds is 9. The number of hydrogen-bond acceptors (Lipinski definition) is 4. The zero-order chi connectivity index (χ0) is 48.5. The quantitative estimate of drug-likeness (QED) is 0.0525. The number of halogens is 2. The van der Waals surface area contributed by atoms with Crippen molar-refractivity contribution in [2.24, 2.45) is 3.50 Å². The van der Waals surface area contributed by atoms with Gasteiger partial charge in [-0.3, -0.25) is 0 Å². The molecule has 5 aromatic rings. The number of fused-ring (bicyclic) bond motifs is 2. The maximum Gasteiger partial charge on any atom is 0 e. The summed E-state index contributed by atoms with van der Waals surface area (Å²) in [4.78, 5) is 4.11. The number of benzene rings is 4. The number of aromatic hydroxyl groups is 1. The summed E-state index contributed by atoms with van der Waals surface area (Å²) in [5.41, 5.74) is 16.8. The first-order valence-corrected chi connectivity index (χ1v) is 26.2. The Labute approximate surface area is 442 Å². The zero-order valence-electron chi connectivity index (χ0n) is 40.7. The average molecular weight is 1190 g/mol. The van der Waals surface area contributed by atoms with E-state index in [2.05, 4.69) is 173 Å². The fourth-order valence-electron chi connectivity index (χ4n) is 7.54. The fraction of sp³-hybridized carbons (Fsp3) is 0.345. The van der Waals surface area contributed by atoms with Crippen LogP contribution in [0.25, 0.3) is 11.1 Å². The molecule has 0 amide bonds. The molecule has 2 aliphatic carbocycles. The molecule has 67 heavy (non-hydrogen) atoms. The number of phenols is 1. The molecule has 7 rings (SSSR count). The van der Waals surface area contributed by atoms with Gasteiger partial charge in [-0.25, -0.2) is 0 Å². The van der Waals surface area contributed by atoms with E-state index < -0.39 is 17.9 Å². The fourth-order valence-corrected chi connectivity index (χ4v) is 10.6. The van der Waals surface area contributed by atoms with Crippen LogP contribution in [0.15, 0.2) is 110 Å². The summed E-state index contributed by atoms with van der Waals surface area (Å²) in [5.74, 6) is 8.14. The molecule has 0 atom stereocenters. The Kier molecular flexibility index (Phi) is 28.4. The molecule has 5 nitrogen and oxygen atoms in total. The second-order valence-electron chi connectivity index (χ2n) is 16.6. The van der Waals surface area contributed by atoms with E-state index in [1.807, 2.05) is 26.0 Å². The number of aryl methyl sites for hydroxylation is 6. The van der Waals surface area contributed by atoms with Crippen molar-refractivity contribution < 1.29 is 53.6 Å². The van der Waals surface area contributed by atoms with Gasteiger partial charge in [0.05, 0.1) is 17.0 Å². The molecular weight excluding hydrogens is 1120 g/mol. The van der Waals surface area contributed by atoms with Gasteiger partial charge in [-0.15, -0.1) is 12.3 Å². The standard InChI is InChI=1S/C21H22Br2O.C10H12.C8H9N.C7H9O.C6H8N.C6H8O.2Mo/c1-12-17(22)10-13-6-2-4-8-15(13)19(12)20-16-9-5-3-7-14(16)11-18(23)21(20)24;1-10(2,3)9-7-5-4-6-8-9;1-6-4-3-5-7(2)8(6)9;1-3-5-7-8-6-4-2;1-5-3-4-6(2)7-5;1-3-5-6-7-4-2;;/h10-11,24H,2-9H2,1H3;1,4-8H,2-3H3;3-5H,1-2H3;2,5,7H,1,3,6H2;3-4H,1-2H3;4H,2,6H2,1H3;;/q;;;2*-1;;;/b;;;7-5-;;;;. The molecule has 0 fully saturated rings. The molecule has 0 saturated heterocycles.